The van der Waals surface area contributed by atoms with Crippen molar-refractivity contribution in [2.24, 2.45) is 0 Å². The highest BCUT2D eigenvalue weighted by Gasteiger charge is 2.35. The van der Waals surface area contributed by atoms with E-state index in [2.05, 4.69) is 85.4 Å². The maximum absolute atomic E-state index is 2.40. The lowest BCUT2D eigenvalue weighted by atomic mass is 9.86. The molecule has 0 spiro atoms. The van der Waals surface area contributed by atoms with E-state index in [0.29, 0.717) is 0 Å². The second kappa shape index (κ2) is 5.26. The molecule has 1 heteroatoms. The van der Waals surface area contributed by atoms with Crippen LogP contribution in [0.15, 0.2) is 72.3 Å². The average Bonchev–Trinajstić information content (AvgIpc) is 2.50. The van der Waals surface area contributed by atoms with Crippen LogP contribution in [0.4, 0.5) is 0 Å². The largest absolute Gasteiger partial charge is 0.141 e. The summed E-state index contributed by atoms with van der Waals surface area (Å²) in [6.07, 6.45) is 3.48. The van der Waals surface area contributed by atoms with Crippen LogP contribution in [-0.2, 0) is 4.75 Å². The highest BCUT2D eigenvalue weighted by molar-refractivity contribution is 8.00. The molecule has 1 aliphatic rings. The topological polar surface area (TPSA) is 0 Å². The Hall–Kier alpha value is -1.47. The van der Waals surface area contributed by atoms with Crippen LogP contribution in [0, 0.1) is 0 Å². The first kappa shape index (κ1) is 12.6. The van der Waals surface area contributed by atoms with Crippen LogP contribution in [0.25, 0.3) is 0 Å². The Kier molecular flexibility index (Phi) is 3.48. The van der Waals surface area contributed by atoms with Gasteiger partial charge in [-0.1, -0.05) is 72.3 Å². The Labute approximate surface area is 119 Å². The molecular formula is C18H18S. The van der Waals surface area contributed by atoms with Gasteiger partial charge in [-0.2, -0.15) is 0 Å². The van der Waals surface area contributed by atoms with E-state index >= 15 is 0 Å². The molecule has 0 saturated heterocycles. The minimum Gasteiger partial charge on any atom is -0.141 e. The van der Waals surface area contributed by atoms with E-state index in [1.165, 1.54) is 16.7 Å². The van der Waals surface area contributed by atoms with Crippen molar-refractivity contribution in [3.05, 3.63) is 83.4 Å². The summed E-state index contributed by atoms with van der Waals surface area (Å²) in [6, 6.07) is 21.8. The number of hydrogen-bond donors (Lipinski definition) is 0. The van der Waals surface area contributed by atoms with Gasteiger partial charge in [0.2, 0.25) is 0 Å². The van der Waals surface area contributed by atoms with Gasteiger partial charge in [-0.15, -0.1) is 11.8 Å². The van der Waals surface area contributed by atoms with Crippen molar-refractivity contribution >= 4 is 11.8 Å². The summed E-state index contributed by atoms with van der Waals surface area (Å²) in [5, 5.41) is 0. The van der Waals surface area contributed by atoms with E-state index in [4.69, 9.17) is 0 Å². The third kappa shape index (κ3) is 2.35. The van der Waals surface area contributed by atoms with Gasteiger partial charge in [0, 0.05) is 5.75 Å². The average molecular weight is 266 g/mol. The zero-order valence-corrected chi connectivity index (χ0v) is 12.0. The molecule has 0 atom stereocenters. The zero-order valence-electron chi connectivity index (χ0n) is 11.2. The van der Waals surface area contributed by atoms with Crippen molar-refractivity contribution in [2.75, 3.05) is 5.75 Å². The van der Waals surface area contributed by atoms with Gasteiger partial charge in [0.1, 0.15) is 0 Å². The molecule has 96 valence electrons. The fourth-order valence-electron chi connectivity index (χ4n) is 2.66. The van der Waals surface area contributed by atoms with Gasteiger partial charge in [-0.25, -0.2) is 0 Å². The number of rotatable bonds is 2. The van der Waals surface area contributed by atoms with E-state index in [9.17, 15) is 0 Å². The van der Waals surface area contributed by atoms with Crippen molar-refractivity contribution in [3.63, 3.8) is 0 Å². The van der Waals surface area contributed by atoms with Crippen LogP contribution in [0.5, 0.6) is 0 Å². The monoisotopic (exact) mass is 266 g/mol. The second-order valence-electron chi connectivity index (χ2n) is 5.10. The van der Waals surface area contributed by atoms with Crippen molar-refractivity contribution in [1.82, 2.24) is 0 Å². The predicted molar refractivity (Wildman–Crippen MR) is 84.5 cm³/mol. The summed E-state index contributed by atoms with van der Waals surface area (Å²) < 4.78 is 0.0853. The van der Waals surface area contributed by atoms with Gasteiger partial charge in [-0.3, -0.25) is 0 Å². The first-order valence-corrected chi connectivity index (χ1v) is 7.70. The van der Waals surface area contributed by atoms with Crippen molar-refractivity contribution < 1.29 is 0 Å². The molecule has 0 saturated carbocycles. The Morgan fingerprint density at radius 2 is 1.37 bits per heavy atom. The first-order chi connectivity index (χ1) is 9.31. The van der Waals surface area contributed by atoms with E-state index < -0.39 is 0 Å². The third-order valence-electron chi connectivity index (χ3n) is 3.76. The molecular weight excluding hydrogens is 248 g/mol. The summed E-state index contributed by atoms with van der Waals surface area (Å²) in [5.74, 6) is 1.11. The molecule has 0 amide bonds. The third-order valence-corrected chi connectivity index (χ3v) is 5.49. The van der Waals surface area contributed by atoms with Crippen molar-refractivity contribution in [2.45, 2.75) is 18.1 Å². The van der Waals surface area contributed by atoms with Crippen LogP contribution >= 0.6 is 11.8 Å². The summed E-state index contributed by atoms with van der Waals surface area (Å²) in [4.78, 5) is 0. The SMILES string of the molecule is CC1=CCC(c2ccccc2)(c2ccccc2)SC1. The Bertz CT molecular complexity index is 530. The fourth-order valence-corrected chi connectivity index (χ4v) is 4.06. The van der Waals surface area contributed by atoms with Crippen LogP contribution in [0.2, 0.25) is 0 Å². The molecule has 0 fully saturated rings. The van der Waals surface area contributed by atoms with Gasteiger partial charge in [0.25, 0.3) is 0 Å². The van der Waals surface area contributed by atoms with Crippen LogP contribution in [0.3, 0.4) is 0 Å². The lowest BCUT2D eigenvalue weighted by Gasteiger charge is -2.36. The first-order valence-electron chi connectivity index (χ1n) is 6.72. The van der Waals surface area contributed by atoms with E-state index in [-0.39, 0.29) is 4.75 Å². The van der Waals surface area contributed by atoms with Gasteiger partial charge >= 0.3 is 0 Å². The summed E-state index contributed by atoms with van der Waals surface area (Å²) >= 11 is 2.06. The maximum Gasteiger partial charge on any atom is 0.0694 e. The maximum atomic E-state index is 2.40. The lowest BCUT2D eigenvalue weighted by molar-refractivity contribution is 0.743. The molecule has 2 aromatic rings. The van der Waals surface area contributed by atoms with Gasteiger partial charge < -0.3 is 0 Å². The molecule has 2 aromatic carbocycles. The summed E-state index contributed by atoms with van der Waals surface area (Å²) in [6.45, 7) is 2.23. The Balaban J connectivity index is 2.12. The summed E-state index contributed by atoms with van der Waals surface area (Å²) in [5.41, 5.74) is 4.32. The van der Waals surface area contributed by atoms with Gasteiger partial charge in [-0.05, 0) is 24.5 Å². The molecule has 0 radical (unpaired) electrons. The molecule has 0 unspecified atom stereocenters. The van der Waals surface area contributed by atoms with E-state index in [1.807, 2.05) is 0 Å². The number of benzene rings is 2. The quantitative estimate of drug-likeness (QED) is 0.688. The second-order valence-corrected chi connectivity index (χ2v) is 6.38. The predicted octanol–water partition coefficient (Wildman–Crippen LogP) is 5.01. The minimum absolute atomic E-state index is 0.0853. The Morgan fingerprint density at radius 3 is 1.79 bits per heavy atom. The molecule has 0 bridgehead atoms. The molecule has 3 rings (SSSR count). The van der Waals surface area contributed by atoms with Crippen molar-refractivity contribution in [3.8, 4) is 0 Å². The highest BCUT2D eigenvalue weighted by Crippen LogP contribution is 2.49. The normalized spacial score (nSPS) is 17.8. The molecule has 0 nitrogen and oxygen atoms in total. The fraction of sp³-hybridized carbons (Fsp3) is 0.222. The molecule has 1 heterocycles. The smallest absolute Gasteiger partial charge is 0.0694 e. The summed E-state index contributed by atoms with van der Waals surface area (Å²) in [7, 11) is 0. The van der Waals surface area contributed by atoms with Crippen LogP contribution in [-0.4, -0.2) is 5.75 Å². The molecule has 19 heavy (non-hydrogen) atoms. The number of hydrogen-bond acceptors (Lipinski definition) is 1. The standard InChI is InChI=1S/C18H18S/c1-15-12-13-18(19-14-15,16-8-4-2-5-9-16)17-10-6-3-7-11-17/h2-12H,13-14H2,1H3. The van der Waals surface area contributed by atoms with Gasteiger partial charge in [0.05, 0.1) is 4.75 Å². The van der Waals surface area contributed by atoms with E-state index in [1.54, 1.807) is 0 Å². The molecule has 0 N–H and O–H groups in total. The lowest BCUT2D eigenvalue weighted by Crippen LogP contribution is -2.26. The van der Waals surface area contributed by atoms with E-state index in [0.717, 1.165) is 12.2 Å². The van der Waals surface area contributed by atoms with Crippen molar-refractivity contribution in [1.29, 1.82) is 0 Å². The van der Waals surface area contributed by atoms with Gasteiger partial charge in [0.15, 0.2) is 0 Å². The minimum atomic E-state index is 0.0853. The molecule has 1 aliphatic heterocycles. The number of allylic oxidation sites excluding steroid dienone is 1. The molecule has 0 aliphatic carbocycles. The Morgan fingerprint density at radius 1 is 0.842 bits per heavy atom. The highest BCUT2D eigenvalue weighted by atomic mass is 32.2. The number of thioether (sulfide) groups is 1. The molecule has 0 aromatic heterocycles. The van der Waals surface area contributed by atoms with Crippen LogP contribution in [0.1, 0.15) is 24.5 Å². The zero-order chi connectivity index (χ0) is 13.1. The van der Waals surface area contributed by atoms with Crippen LogP contribution < -0.4 is 0 Å².